The minimum atomic E-state index is 0.396. The van der Waals surface area contributed by atoms with Crippen LogP contribution >= 0.6 is 11.8 Å². The number of ether oxygens (including phenoxy) is 2. The van der Waals surface area contributed by atoms with Gasteiger partial charge in [-0.1, -0.05) is 25.6 Å². The van der Waals surface area contributed by atoms with Crippen molar-refractivity contribution in [3.63, 3.8) is 0 Å². The summed E-state index contributed by atoms with van der Waals surface area (Å²) in [6.07, 6.45) is 0. The smallest absolute Gasteiger partial charge is 0.277 e. The van der Waals surface area contributed by atoms with Gasteiger partial charge in [0.15, 0.2) is 0 Å². The molecule has 6 heteroatoms. The monoisotopic (exact) mass is 280 g/mol. The first kappa shape index (κ1) is 13.7. The summed E-state index contributed by atoms with van der Waals surface area (Å²) in [6, 6.07) is 5.46. The van der Waals surface area contributed by atoms with Crippen molar-refractivity contribution >= 4 is 11.8 Å². The molecule has 0 amide bonds. The third-order valence-electron chi connectivity index (χ3n) is 2.34. The highest BCUT2D eigenvalue weighted by Gasteiger charge is 2.12. The molecule has 0 saturated carbocycles. The van der Waals surface area contributed by atoms with E-state index in [1.807, 2.05) is 12.1 Å². The van der Waals surface area contributed by atoms with Gasteiger partial charge in [0, 0.05) is 16.9 Å². The summed E-state index contributed by atoms with van der Waals surface area (Å²) >= 11 is 1.53. The predicted octanol–water partition coefficient (Wildman–Crippen LogP) is 3.25. The highest BCUT2D eigenvalue weighted by atomic mass is 32.2. The fourth-order valence-electron chi connectivity index (χ4n) is 1.51. The Balaban J connectivity index is 2.32. The van der Waals surface area contributed by atoms with Crippen molar-refractivity contribution in [1.82, 2.24) is 10.2 Å². The van der Waals surface area contributed by atoms with Crippen LogP contribution < -0.4 is 9.47 Å². The van der Waals surface area contributed by atoms with Crippen LogP contribution in [-0.2, 0) is 0 Å². The lowest BCUT2D eigenvalue weighted by Gasteiger charge is -2.05. The summed E-state index contributed by atoms with van der Waals surface area (Å²) in [5.74, 6) is 1.83. The Labute approximate surface area is 116 Å². The van der Waals surface area contributed by atoms with Crippen molar-refractivity contribution < 1.29 is 13.9 Å². The van der Waals surface area contributed by atoms with Gasteiger partial charge < -0.3 is 13.9 Å². The summed E-state index contributed by atoms with van der Waals surface area (Å²) in [5, 5.41) is 9.01. The number of nitrogens with zero attached hydrogens (tertiary/aromatic N) is 2. The Bertz CT molecular complexity index is 532. The van der Waals surface area contributed by atoms with Crippen LogP contribution in [0.5, 0.6) is 11.5 Å². The van der Waals surface area contributed by atoms with Gasteiger partial charge in [-0.15, -0.1) is 10.2 Å². The Morgan fingerprint density at radius 1 is 1.05 bits per heavy atom. The summed E-state index contributed by atoms with van der Waals surface area (Å²) in [6.45, 7) is 4.15. The van der Waals surface area contributed by atoms with Crippen LogP contribution in [0, 0.1) is 0 Å². The molecular formula is C13H16N2O3S. The molecule has 2 aromatic rings. The van der Waals surface area contributed by atoms with Gasteiger partial charge in [-0.25, -0.2) is 0 Å². The third-order valence-corrected chi connectivity index (χ3v) is 3.18. The van der Waals surface area contributed by atoms with Gasteiger partial charge in [-0.2, -0.15) is 0 Å². The molecular weight excluding hydrogens is 264 g/mol. The number of hydrogen-bond donors (Lipinski definition) is 0. The maximum atomic E-state index is 5.61. The number of aromatic nitrogens is 2. The maximum Gasteiger partial charge on any atom is 0.277 e. The fourth-order valence-corrected chi connectivity index (χ4v) is 2.12. The molecule has 0 spiro atoms. The molecule has 0 unspecified atom stereocenters. The van der Waals surface area contributed by atoms with Crippen molar-refractivity contribution in [3.05, 3.63) is 18.2 Å². The molecule has 1 aromatic carbocycles. The van der Waals surface area contributed by atoms with Crippen LogP contribution in [-0.4, -0.2) is 29.7 Å². The Kier molecular flexibility index (Phi) is 4.31. The molecule has 0 saturated heterocycles. The van der Waals surface area contributed by atoms with E-state index in [2.05, 4.69) is 24.0 Å². The van der Waals surface area contributed by atoms with E-state index in [4.69, 9.17) is 13.9 Å². The second-order valence-corrected chi connectivity index (χ2v) is 5.67. The third kappa shape index (κ3) is 3.41. The van der Waals surface area contributed by atoms with E-state index in [1.54, 1.807) is 20.3 Å². The summed E-state index contributed by atoms with van der Waals surface area (Å²) in [5.41, 5.74) is 0.777. The first-order valence-corrected chi connectivity index (χ1v) is 6.74. The highest BCUT2D eigenvalue weighted by Crippen LogP contribution is 2.31. The van der Waals surface area contributed by atoms with Crippen LogP contribution in [0.4, 0.5) is 0 Å². The largest absolute Gasteiger partial charge is 0.497 e. The number of rotatable bonds is 5. The fraction of sp³-hybridized carbons (Fsp3) is 0.385. The van der Waals surface area contributed by atoms with Crippen molar-refractivity contribution in [2.24, 2.45) is 0 Å². The number of methoxy groups -OCH3 is 2. The molecule has 0 N–H and O–H groups in total. The number of thioether (sulfide) groups is 1. The normalized spacial score (nSPS) is 10.8. The van der Waals surface area contributed by atoms with Gasteiger partial charge in [-0.3, -0.25) is 0 Å². The summed E-state index contributed by atoms with van der Waals surface area (Å²) in [7, 11) is 3.21. The van der Waals surface area contributed by atoms with Crippen LogP contribution in [0.2, 0.25) is 0 Å². The highest BCUT2D eigenvalue weighted by molar-refractivity contribution is 7.99. The Morgan fingerprint density at radius 2 is 1.68 bits per heavy atom. The van der Waals surface area contributed by atoms with E-state index in [-0.39, 0.29) is 0 Å². The van der Waals surface area contributed by atoms with Gasteiger partial charge >= 0.3 is 0 Å². The zero-order valence-electron chi connectivity index (χ0n) is 11.3. The lowest BCUT2D eigenvalue weighted by molar-refractivity contribution is 0.394. The van der Waals surface area contributed by atoms with E-state index >= 15 is 0 Å². The standard InChI is InChI=1S/C13H16N2O3S/c1-8(2)19-13-15-14-12(18-13)9-5-10(16-3)7-11(6-9)17-4/h5-8H,1-4H3. The molecule has 19 heavy (non-hydrogen) atoms. The average molecular weight is 280 g/mol. The van der Waals surface area contributed by atoms with E-state index in [1.165, 1.54) is 11.8 Å². The van der Waals surface area contributed by atoms with E-state index in [0.717, 1.165) is 5.56 Å². The van der Waals surface area contributed by atoms with Gasteiger partial charge in [-0.05, 0) is 12.1 Å². The molecule has 0 atom stereocenters. The van der Waals surface area contributed by atoms with Crippen molar-refractivity contribution in [1.29, 1.82) is 0 Å². The van der Waals surface area contributed by atoms with E-state index < -0.39 is 0 Å². The molecule has 2 rings (SSSR count). The van der Waals surface area contributed by atoms with Crippen molar-refractivity contribution in [3.8, 4) is 23.0 Å². The summed E-state index contributed by atoms with van der Waals surface area (Å²) < 4.78 is 16.0. The van der Waals surface area contributed by atoms with Crippen LogP contribution in [0.1, 0.15) is 13.8 Å². The maximum absolute atomic E-state index is 5.61. The van der Waals surface area contributed by atoms with Gasteiger partial charge in [0.2, 0.25) is 5.89 Å². The SMILES string of the molecule is COc1cc(OC)cc(-c2nnc(SC(C)C)o2)c1. The lowest BCUT2D eigenvalue weighted by atomic mass is 10.2. The second-order valence-electron chi connectivity index (χ2n) is 4.14. The topological polar surface area (TPSA) is 57.4 Å². The van der Waals surface area contributed by atoms with Crippen LogP contribution in [0.25, 0.3) is 11.5 Å². The van der Waals surface area contributed by atoms with Gasteiger partial charge in [0.05, 0.1) is 14.2 Å². The number of benzene rings is 1. The van der Waals surface area contributed by atoms with Crippen LogP contribution in [0.15, 0.2) is 27.8 Å². The van der Waals surface area contributed by atoms with E-state index in [0.29, 0.717) is 27.9 Å². The lowest BCUT2D eigenvalue weighted by Crippen LogP contribution is -1.88. The van der Waals surface area contributed by atoms with Crippen molar-refractivity contribution in [2.75, 3.05) is 14.2 Å². The molecule has 0 aliphatic heterocycles. The quantitative estimate of drug-likeness (QED) is 0.784. The molecule has 0 bridgehead atoms. The Morgan fingerprint density at radius 3 is 2.21 bits per heavy atom. The second kappa shape index (κ2) is 5.97. The molecule has 102 valence electrons. The summed E-state index contributed by atoms with van der Waals surface area (Å²) in [4.78, 5) is 0. The van der Waals surface area contributed by atoms with E-state index in [9.17, 15) is 0 Å². The molecule has 5 nitrogen and oxygen atoms in total. The zero-order valence-corrected chi connectivity index (χ0v) is 12.2. The number of hydrogen-bond acceptors (Lipinski definition) is 6. The molecule has 0 radical (unpaired) electrons. The predicted molar refractivity (Wildman–Crippen MR) is 73.8 cm³/mol. The average Bonchev–Trinajstić information content (AvgIpc) is 2.85. The Hall–Kier alpha value is -1.69. The van der Waals surface area contributed by atoms with Gasteiger partial charge in [0.25, 0.3) is 5.22 Å². The molecule has 0 fully saturated rings. The molecule has 1 aromatic heterocycles. The minimum Gasteiger partial charge on any atom is -0.497 e. The molecule has 0 aliphatic carbocycles. The van der Waals surface area contributed by atoms with Gasteiger partial charge in [0.1, 0.15) is 11.5 Å². The molecule has 0 aliphatic rings. The minimum absolute atomic E-state index is 0.396. The van der Waals surface area contributed by atoms with Crippen molar-refractivity contribution in [2.45, 2.75) is 24.3 Å². The first-order chi connectivity index (χ1) is 9.12. The first-order valence-electron chi connectivity index (χ1n) is 5.86. The molecule has 1 heterocycles. The van der Waals surface area contributed by atoms with Crippen LogP contribution in [0.3, 0.4) is 0 Å². The zero-order chi connectivity index (χ0) is 13.8.